The summed E-state index contributed by atoms with van der Waals surface area (Å²) < 4.78 is 10.9. The van der Waals surface area contributed by atoms with E-state index in [0.717, 1.165) is 12.1 Å². The number of nitro benzene ring substituents is 1. The van der Waals surface area contributed by atoms with Crippen molar-refractivity contribution in [2.45, 2.75) is 0 Å². The molecule has 0 heterocycles. The summed E-state index contributed by atoms with van der Waals surface area (Å²) in [6.07, 6.45) is 0. The average molecular weight is 244 g/mol. The average Bonchev–Trinajstić information content (AvgIpc) is 2.15. The van der Waals surface area contributed by atoms with E-state index in [0.29, 0.717) is 0 Å². The molecule has 0 radical (unpaired) electrons. The molecule has 86 valence electrons. The molecule has 0 bridgehead atoms. The normalized spacial score (nSPS) is 10.9. The number of hydrogen-bond acceptors (Lipinski definition) is 4. The number of carbonyl (C=O) groups is 1. The summed E-state index contributed by atoms with van der Waals surface area (Å²) in [5, 5.41) is 12.2. The third-order valence-corrected chi connectivity index (χ3v) is 2.17. The van der Waals surface area contributed by atoms with Gasteiger partial charge in [-0.05, 0) is 12.1 Å². The molecule has 16 heavy (non-hydrogen) atoms. The lowest BCUT2D eigenvalue weighted by molar-refractivity contribution is -0.384. The first kappa shape index (κ1) is 12.3. The van der Waals surface area contributed by atoms with E-state index in [1.165, 1.54) is 12.1 Å². The molecular formula is C7H9N4O4P. The van der Waals surface area contributed by atoms with Crippen molar-refractivity contribution in [1.29, 1.82) is 0 Å². The highest BCUT2D eigenvalue weighted by Gasteiger charge is 2.15. The minimum Gasteiger partial charge on any atom is -0.279 e. The second-order valence-electron chi connectivity index (χ2n) is 2.95. The second kappa shape index (κ2) is 4.40. The highest BCUT2D eigenvalue weighted by atomic mass is 31.2. The summed E-state index contributed by atoms with van der Waals surface area (Å²) in [5.41, 5.74) is 9.82. The Morgan fingerprint density at radius 2 is 1.81 bits per heavy atom. The molecule has 0 fully saturated rings. The van der Waals surface area contributed by atoms with Gasteiger partial charge in [0.2, 0.25) is 0 Å². The van der Waals surface area contributed by atoms with Crippen LogP contribution in [0.2, 0.25) is 0 Å². The zero-order valence-corrected chi connectivity index (χ0v) is 8.89. The van der Waals surface area contributed by atoms with Crippen LogP contribution >= 0.6 is 7.59 Å². The molecule has 0 aromatic heterocycles. The lowest BCUT2D eigenvalue weighted by atomic mass is 10.2. The van der Waals surface area contributed by atoms with Crippen molar-refractivity contribution in [3.8, 4) is 0 Å². The molecule has 0 spiro atoms. The van der Waals surface area contributed by atoms with Gasteiger partial charge in [0.15, 0.2) is 0 Å². The Morgan fingerprint density at radius 3 is 2.19 bits per heavy atom. The van der Waals surface area contributed by atoms with Crippen molar-refractivity contribution in [3.05, 3.63) is 39.9 Å². The number of nitrogens with zero attached hydrogens (tertiary/aromatic N) is 1. The van der Waals surface area contributed by atoms with Gasteiger partial charge >= 0.3 is 7.59 Å². The van der Waals surface area contributed by atoms with Crippen molar-refractivity contribution in [1.82, 2.24) is 5.09 Å². The first-order valence-corrected chi connectivity index (χ1v) is 5.88. The molecule has 1 aromatic carbocycles. The SMILES string of the molecule is NP(N)(=O)NC(=O)c1ccc([N+](=O)[O-])cc1. The van der Waals surface area contributed by atoms with Gasteiger partial charge in [0.1, 0.15) is 0 Å². The van der Waals surface area contributed by atoms with Gasteiger partial charge in [-0.1, -0.05) is 0 Å². The maximum Gasteiger partial charge on any atom is 0.300 e. The third-order valence-electron chi connectivity index (χ3n) is 1.62. The van der Waals surface area contributed by atoms with E-state index in [1.54, 1.807) is 0 Å². The fourth-order valence-corrected chi connectivity index (χ4v) is 1.40. The Bertz CT molecular complexity index is 466. The number of amides is 1. The zero-order chi connectivity index (χ0) is 12.3. The summed E-state index contributed by atoms with van der Waals surface area (Å²) in [6, 6.07) is 4.71. The lowest BCUT2D eigenvalue weighted by Crippen LogP contribution is -2.28. The number of hydrogen-bond donors (Lipinski definition) is 3. The monoisotopic (exact) mass is 244 g/mol. The van der Waals surface area contributed by atoms with Crippen LogP contribution in [0.15, 0.2) is 24.3 Å². The molecule has 0 saturated carbocycles. The minimum absolute atomic E-state index is 0.0849. The van der Waals surface area contributed by atoms with E-state index in [1.807, 2.05) is 5.09 Å². The molecule has 0 saturated heterocycles. The highest BCUT2D eigenvalue weighted by Crippen LogP contribution is 2.19. The molecule has 1 amide bonds. The highest BCUT2D eigenvalue weighted by molar-refractivity contribution is 7.57. The van der Waals surface area contributed by atoms with Crippen molar-refractivity contribution >= 4 is 19.2 Å². The quantitative estimate of drug-likeness (QED) is 0.398. The maximum atomic E-state index is 11.3. The second-order valence-corrected chi connectivity index (χ2v) is 4.60. The molecule has 8 nitrogen and oxygen atoms in total. The smallest absolute Gasteiger partial charge is 0.279 e. The Hall–Kier alpha value is -1.76. The Kier molecular flexibility index (Phi) is 3.38. The number of benzene rings is 1. The van der Waals surface area contributed by atoms with Crippen LogP contribution in [0.3, 0.4) is 0 Å². The molecule has 1 aromatic rings. The van der Waals surface area contributed by atoms with Gasteiger partial charge in [-0.2, -0.15) is 0 Å². The van der Waals surface area contributed by atoms with E-state index >= 15 is 0 Å². The summed E-state index contributed by atoms with van der Waals surface area (Å²) in [6.45, 7) is 0. The minimum atomic E-state index is -3.65. The van der Waals surface area contributed by atoms with Crippen molar-refractivity contribution in [2.75, 3.05) is 0 Å². The van der Waals surface area contributed by atoms with E-state index < -0.39 is 18.4 Å². The topological polar surface area (TPSA) is 141 Å². The van der Waals surface area contributed by atoms with Crippen LogP contribution < -0.4 is 16.1 Å². The Balaban J connectivity index is 2.86. The van der Waals surface area contributed by atoms with Gasteiger partial charge in [-0.3, -0.25) is 35.6 Å². The summed E-state index contributed by atoms with van der Waals surface area (Å²) in [4.78, 5) is 21.1. The van der Waals surface area contributed by atoms with Gasteiger partial charge in [-0.15, -0.1) is 0 Å². The number of carbonyl (C=O) groups excluding carboxylic acids is 1. The maximum absolute atomic E-state index is 11.3. The summed E-state index contributed by atoms with van der Waals surface area (Å²) in [5.74, 6) is -0.747. The summed E-state index contributed by atoms with van der Waals surface area (Å²) >= 11 is 0. The van der Waals surface area contributed by atoms with Crippen molar-refractivity contribution in [3.63, 3.8) is 0 Å². The lowest BCUT2D eigenvalue weighted by Gasteiger charge is -2.08. The van der Waals surface area contributed by atoms with E-state index in [-0.39, 0.29) is 11.3 Å². The van der Waals surface area contributed by atoms with Crippen LogP contribution in [0.1, 0.15) is 10.4 Å². The predicted octanol–water partition coefficient (Wildman–Crippen LogP) is 0.350. The number of non-ortho nitro benzene ring substituents is 1. The molecule has 0 aliphatic rings. The van der Waals surface area contributed by atoms with Gasteiger partial charge in [0.25, 0.3) is 11.6 Å². The van der Waals surface area contributed by atoms with Crippen LogP contribution in [-0.2, 0) is 4.57 Å². The van der Waals surface area contributed by atoms with E-state index in [4.69, 9.17) is 11.0 Å². The molecule has 0 atom stereocenters. The molecule has 0 unspecified atom stereocenters. The molecule has 5 N–H and O–H groups in total. The van der Waals surface area contributed by atoms with Gasteiger partial charge in [-0.25, -0.2) is 0 Å². The largest absolute Gasteiger partial charge is 0.300 e. The van der Waals surface area contributed by atoms with Crippen molar-refractivity contribution < 1.29 is 14.3 Å². The molecule has 1 rings (SSSR count). The first-order chi connectivity index (χ1) is 7.29. The number of nitrogens with two attached hydrogens (primary N) is 2. The molecular weight excluding hydrogens is 235 g/mol. The van der Waals surface area contributed by atoms with Gasteiger partial charge < -0.3 is 0 Å². The van der Waals surface area contributed by atoms with Crippen LogP contribution in [0.25, 0.3) is 0 Å². The van der Waals surface area contributed by atoms with Gasteiger partial charge in [0.05, 0.1) is 4.92 Å². The van der Waals surface area contributed by atoms with E-state index in [9.17, 15) is 19.5 Å². The zero-order valence-electron chi connectivity index (χ0n) is 7.99. The fourth-order valence-electron chi connectivity index (χ4n) is 0.958. The van der Waals surface area contributed by atoms with Crippen molar-refractivity contribution in [2.24, 2.45) is 11.0 Å². The number of nitro groups is 1. The molecule has 0 aliphatic carbocycles. The van der Waals surface area contributed by atoms with Crippen LogP contribution in [0, 0.1) is 10.1 Å². The van der Waals surface area contributed by atoms with Crippen LogP contribution in [0.5, 0.6) is 0 Å². The van der Waals surface area contributed by atoms with Gasteiger partial charge in [0, 0.05) is 17.7 Å². The Labute approximate surface area is 90.3 Å². The van der Waals surface area contributed by atoms with Crippen LogP contribution in [0.4, 0.5) is 5.69 Å². The molecule has 9 heteroatoms. The fraction of sp³-hybridized carbons (Fsp3) is 0. The standard InChI is InChI=1S/C7H9N4O4P/c8-16(9,15)10-7(12)5-1-3-6(4-2-5)11(13)14/h1-4H,(H5,8,9,10,12,15). The Morgan fingerprint density at radius 1 is 1.31 bits per heavy atom. The van der Waals surface area contributed by atoms with Crippen LogP contribution in [-0.4, -0.2) is 10.8 Å². The predicted molar refractivity (Wildman–Crippen MR) is 56.5 cm³/mol. The summed E-state index contributed by atoms with van der Waals surface area (Å²) in [7, 11) is -3.65. The van der Waals surface area contributed by atoms with E-state index in [2.05, 4.69) is 0 Å². The number of nitrogens with one attached hydrogen (secondary N) is 1. The third kappa shape index (κ3) is 3.43. The number of rotatable bonds is 3. The molecule has 0 aliphatic heterocycles. The first-order valence-electron chi connectivity index (χ1n) is 4.04.